The number of fused-ring (bicyclic) bond motifs is 1. The molecule has 55 heavy (non-hydrogen) atoms. The molecule has 0 saturated carbocycles. The lowest BCUT2D eigenvalue weighted by molar-refractivity contribution is -0.149. The lowest BCUT2D eigenvalue weighted by atomic mass is 9.75. The Morgan fingerprint density at radius 1 is 1.13 bits per heavy atom. The Morgan fingerprint density at radius 3 is 2.51 bits per heavy atom. The second kappa shape index (κ2) is 18.3. The number of hydrogen-bond acceptors (Lipinski definition) is 10. The quantitative estimate of drug-likeness (QED) is 0.141. The van der Waals surface area contributed by atoms with Crippen LogP contribution in [-0.4, -0.2) is 95.0 Å². The molecule has 4 heterocycles. The first-order valence-electron chi connectivity index (χ1n) is 19.8. The summed E-state index contributed by atoms with van der Waals surface area (Å²) in [4.78, 5) is 79.4. The molecule has 5 rings (SSSR count). The number of hydrogen-bond donors (Lipinski definition) is 1. The van der Waals surface area contributed by atoms with Crippen molar-refractivity contribution in [2.24, 2.45) is 34.6 Å². The highest BCUT2D eigenvalue weighted by atomic mass is 32.1. The molecule has 3 aliphatic heterocycles. The van der Waals surface area contributed by atoms with Gasteiger partial charge < -0.3 is 19.7 Å². The van der Waals surface area contributed by atoms with Gasteiger partial charge in [0.25, 0.3) is 11.8 Å². The van der Waals surface area contributed by atoms with Crippen LogP contribution in [0.1, 0.15) is 114 Å². The molecule has 300 valence electrons. The molecule has 3 saturated heterocycles. The van der Waals surface area contributed by atoms with Gasteiger partial charge in [-0.05, 0) is 61.8 Å². The van der Waals surface area contributed by atoms with Crippen molar-refractivity contribution in [3.63, 3.8) is 0 Å². The molecule has 2 aromatic rings. The Bertz CT molecular complexity index is 1710. The summed E-state index contributed by atoms with van der Waals surface area (Å²) in [6.45, 7) is 12.1. The zero-order valence-electron chi connectivity index (χ0n) is 33.7. The van der Waals surface area contributed by atoms with Gasteiger partial charge in [-0.3, -0.25) is 28.9 Å². The highest BCUT2D eigenvalue weighted by Gasteiger charge is 2.62. The summed E-state index contributed by atoms with van der Waals surface area (Å²) in [5, 5.41) is 5.13. The number of nitrogens with zero attached hydrogens (tertiary/aromatic N) is 4. The van der Waals surface area contributed by atoms with E-state index >= 15 is 0 Å². The fraction of sp³-hybridized carbons (Fsp3) is 0.643. The molecule has 1 aromatic heterocycles. The van der Waals surface area contributed by atoms with Crippen LogP contribution >= 0.6 is 11.3 Å². The van der Waals surface area contributed by atoms with Crippen molar-refractivity contribution in [2.45, 2.75) is 123 Å². The lowest BCUT2D eigenvalue weighted by Gasteiger charge is -2.54. The number of methoxy groups -OCH3 is 1. The molecule has 12 nitrogen and oxygen atoms in total. The predicted octanol–water partition coefficient (Wildman–Crippen LogP) is 6.05. The van der Waals surface area contributed by atoms with Crippen molar-refractivity contribution in [1.82, 2.24) is 20.1 Å². The summed E-state index contributed by atoms with van der Waals surface area (Å²) in [5.41, 5.74) is 0.675. The van der Waals surface area contributed by atoms with Gasteiger partial charge in [-0.2, -0.15) is 0 Å². The number of nitrogens with one attached hydrogen (secondary N) is 1. The third kappa shape index (κ3) is 9.71. The normalized spacial score (nSPS) is 23.6. The highest BCUT2D eigenvalue weighted by Crippen LogP contribution is 2.54. The van der Waals surface area contributed by atoms with E-state index in [1.807, 2.05) is 58.0 Å². The zero-order chi connectivity index (χ0) is 40.0. The SMILES string of the molecule is CC[C@H](C)C(C=NC(=O)C12CCC3CC(C1)N2C3)C(=O)N(C)[C@H](C[C@@H](OC(C)=O)c1nc(C(=O)N[C@@H](Cc2ccccc2)C[C@H](C)C(=O)OC)cs1)C(C)C. The Morgan fingerprint density at radius 2 is 1.85 bits per heavy atom. The van der Waals surface area contributed by atoms with Gasteiger partial charge in [0.15, 0.2) is 6.10 Å². The van der Waals surface area contributed by atoms with Gasteiger partial charge in [-0.1, -0.05) is 71.4 Å². The number of carbonyl (C=O) groups is 5. The second-order valence-corrected chi connectivity index (χ2v) is 17.3. The first-order chi connectivity index (χ1) is 26.2. The molecule has 1 aromatic carbocycles. The van der Waals surface area contributed by atoms with Crippen LogP contribution in [0.3, 0.4) is 0 Å². The zero-order valence-corrected chi connectivity index (χ0v) is 34.5. The number of ether oxygens (including phenoxy) is 2. The number of benzene rings is 1. The van der Waals surface area contributed by atoms with E-state index in [0.717, 1.165) is 37.8 Å². The van der Waals surface area contributed by atoms with Gasteiger partial charge in [0.2, 0.25) is 5.91 Å². The van der Waals surface area contributed by atoms with Gasteiger partial charge in [-0.25, -0.2) is 9.98 Å². The Hall–Kier alpha value is -3.97. The molecule has 3 amide bonds. The Labute approximate surface area is 329 Å². The molecule has 13 heteroatoms. The van der Waals surface area contributed by atoms with Gasteiger partial charge >= 0.3 is 11.9 Å². The van der Waals surface area contributed by atoms with Crippen LogP contribution < -0.4 is 5.32 Å². The Balaban J connectivity index is 1.30. The third-order valence-electron chi connectivity index (χ3n) is 12.2. The molecule has 3 fully saturated rings. The summed E-state index contributed by atoms with van der Waals surface area (Å²) in [6.07, 6.45) is 6.55. The van der Waals surface area contributed by atoms with Crippen LogP contribution in [0.5, 0.6) is 0 Å². The van der Waals surface area contributed by atoms with E-state index in [-0.39, 0.29) is 53.8 Å². The van der Waals surface area contributed by atoms with Crippen molar-refractivity contribution in [1.29, 1.82) is 0 Å². The molecule has 3 aliphatic rings. The van der Waals surface area contributed by atoms with Crippen molar-refractivity contribution < 1.29 is 33.4 Å². The van der Waals surface area contributed by atoms with E-state index in [2.05, 4.69) is 20.2 Å². The number of amides is 3. The van der Waals surface area contributed by atoms with E-state index in [1.165, 1.54) is 31.8 Å². The largest absolute Gasteiger partial charge is 0.469 e. The van der Waals surface area contributed by atoms with Gasteiger partial charge in [0.1, 0.15) is 16.2 Å². The Kier molecular flexibility index (Phi) is 14.0. The molecule has 9 atom stereocenters. The second-order valence-electron chi connectivity index (χ2n) is 16.4. The van der Waals surface area contributed by atoms with Gasteiger partial charge in [0.05, 0.1) is 18.9 Å². The third-order valence-corrected chi connectivity index (χ3v) is 13.1. The van der Waals surface area contributed by atoms with Gasteiger partial charge in [0, 0.05) is 56.7 Å². The maximum Gasteiger partial charge on any atom is 0.308 e. The summed E-state index contributed by atoms with van der Waals surface area (Å²) in [6, 6.07) is 9.46. The minimum atomic E-state index is -0.815. The number of piperidine rings is 1. The predicted molar refractivity (Wildman–Crippen MR) is 211 cm³/mol. The molecule has 0 radical (unpaired) electrons. The molecule has 1 N–H and O–H groups in total. The standard InChI is InChI=1S/C42H59N5O7S/c1-9-26(4)33(22-43-41(52)42-16-15-30-19-32(21-42)47(42)23-30)39(50)46(7)35(25(2)3)20-36(54-28(6)48)38-45-34(24-55-38)37(49)44-31(17-27(5)40(51)53-8)18-29-13-11-10-12-14-29/h10-14,22,24-27,30-33,35-36H,9,15-21,23H2,1-8H3,(H,44,49)/t26-,27-,30?,31+,32?,33?,35+,36+,42?/m0/s1. The summed E-state index contributed by atoms with van der Waals surface area (Å²) < 4.78 is 10.8. The number of aliphatic imine (C=N–C) groups is 1. The maximum atomic E-state index is 14.3. The number of rotatable bonds is 18. The first-order valence-corrected chi connectivity index (χ1v) is 20.7. The average Bonchev–Trinajstić information content (AvgIpc) is 3.68. The fourth-order valence-electron chi connectivity index (χ4n) is 8.83. The van der Waals surface area contributed by atoms with E-state index in [1.54, 1.807) is 30.5 Å². The van der Waals surface area contributed by atoms with Crippen LogP contribution in [0, 0.1) is 29.6 Å². The maximum absolute atomic E-state index is 14.3. The number of carbonyl (C=O) groups excluding carboxylic acids is 5. The minimum Gasteiger partial charge on any atom is -0.469 e. The molecule has 4 unspecified atom stereocenters. The lowest BCUT2D eigenvalue weighted by Crippen LogP contribution is -2.67. The van der Waals surface area contributed by atoms with Crippen molar-refractivity contribution >= 4 is 47.2 Å². The van der Waals surface area contributed by atoms with Crippen LogP contribution in [-0.2, 0) is 35.1 Å². The fourth-order valence-corrected chi connectivity index (χ4v) is 9.67. The highest BCUT2D eigenvalue weighted by molar-refractivity contribution is 7.09. The minimum absolute atomic E-state index is 0.0300. The van der Waals surface area contributed by atoms with E-state index in [4.69, 9.17) is 9.47 Å². The van der Waals surface area contributed by atoms with E-state index in [9.17, 15) is 24.0 Å². The van der Waals surface area contributed by atoms with Gasteiger partial charge in [-0.15, -0.1) is 11.3 Å². The number of thiazole rings is 1. The first kappa shape index (κ1) is 42.2. The van der Waals surface area contributed by atoms with Crippen molar-refractivity contribution in [3.05, 3.63) is 52.0 Å². The van der Waals surface area contributed by atoms with Crippen LogP contribution in [0.25, 0.3) is 0 Å². The number of esters is 2. The summed E-state index contributed by atoms with van der Waals surface area (Å²) in [5.74, 6) is -1.99. The molecule has 0 spiro atoms. The van der Waals surface area contributed by atoms with E-state index < -0.39 is 35.4 Å². The average molecular weight is 778 g/mol. The molecular formula is C42H59N5O7S. The molecular weight excluding hydrogens is 719 g/mol. The topological polar surface area (TPSA) is 148 Å². The molecule has 0 aliphatic carbocycles. The van der Waals surface area contributed by atoms with Crippen LogP contribution in [0.15, 0.2) is 40.7 Å². The van der Waals surface area contributed by atoms with E-state index in [0.29, 0.717) is 29.8 Å². The smallest absolute Gasteiger partial charge is 0.308 e. The van der Waals surface area contributed by atoms with Crippen LogP contribution in [0.4, 0.5) is 0 Å². The molecule has 2 bridgehead atoms. The monoisotopic (exact) mass is 777 g/mol. The summed E-state index contributed by atoms with van der Waals surface area (Å²) in [7, 11) is 3.10. The summed E-state index contributed by atoms with van der Waals surface area (Å²) >= 11 is 1.21. The van der Waals surface area contributed by atoms with Crippen molar-refractivity contribution in [2.75, 3.05) is 20.7 Å². The number of aromatic nitrogens is 1. The van der Waals surface area contributed by atoms with Crippen molar-refractivity contribution in [3.8, 4) is 0 Å². The van der Waals surface area contributed by atoms with Crippen LogP contribution in [0.2, 0.25) is 0 Å².